The van der Waals surface area contributed by atoms with Gasteiger partial charge in [-0.15, -0.1) is 0 Å². The van der Waals surface area contributed by atoms with E-state index >= 15 is 0 Å². The van der Waals surface area contributed by atoms with Gasteiger partial charge in [0.2, 0.25) is 10.0 Å². The molecule has 4 rings (SSSR count). The molecule has 0 spiro atoms. The molecule has 0 aromatic heterocycles. The molecule has 26 heavy (non-hydrogen) atoms. The van der Waals surface area contributed by atoms with E-state index in [4.69, 9.17) is 4.74 Å². The van der Waals surface area contributed by atoms with Crippen LogP contribution in [0.3, 0.4) is 0 Å². The highest BCUT2D eigenvalue weighted by Crippen LogP contribution is 2.30. The molecule has 2 aliphatic heterocycles. The number of hydrogen-bond donors (Lipinski definition) is 0. The zero-order valence-electron chi connectivity index (χ0n) is 15.0. The van der Waals surface area contributed by atoms with E-state index in [1.807, 2.05) is 4.90 Å². The van der Waals surface area contributed by atoms with Gasteiger partial charge in [0.15, 0.2) is 0 Å². The summed E-state index contributed by atoms with van der Waals surface area (Å²) in [5.74, 6) is -0.0182. The molecule has 142 valence electrons. The molecule has 0 radical (unpaired) electrons. The van der Waals surface area contributed by atoms with Crippen LogP contribution in [0.2, 0.25) is 0 Å². The molecule has 1 aromatic rings. The van der Waals surface area contributed by atoms with Crippen molar-refractivity contribution < 1.29 is 17.9 Å². The van der Waals surface area contributed by atoms with E-state index in [-0.39, 0.29) is 22.9 Å². The molecular formula is C19H26N2O4S. The zero-order valence-corrected chi connectivity index (χ0v) is 15.8. The topological polar surface area (TPSA) is 66.9 Å². The third-order valence-electron chi connectivity index (χ3n) is 5.80. The predicted molar refractivity (Wildman–Crippen MR) is 97.5 cm³/mol. The molecule has 1 saturated carbocycles. The average Bonchev–Trinajstić information content (AvgIpc) is 3.23. The van der Waals surface area contributed by atoms with Crippen molar-refractivity contribution in [2.45, 2.75) is 55.6 Å². The van der Waals surface area contributed by atoms with Crippen molar-refractivity contribution in [3.63, 3.8) is 0 Å². The SMILES string of the molecule is O=C(c1ccc(S(=O)(=O)N2CCCC2)cc1)N1CCOC2CCCCC21. The van der Waals surface area contributed by atoms with Crippen molar-refractivity contribution in [1.29, 1.82) is 0 Å². The zero-order chi connectivity index (χ0) is 18.1. The van der Waals surface area contributed by atoms with Gasteiger partial charge in [-0.2, -0.15) is 4.31 Å². The summed E-state index contributed by atoms with van der Waals surface area (Å²) in [6.45, 7) is 2.35. The molecule has 0 N–H and O–H groups in total. The third-order valence-corrected chi connectivity index (χ3v) is 7.71. The number of carbonyl (C=O) groups is 1. The molecule has 2 heterocycles. The van der Waals surface area contributed by atoms with E-state index in [0.717, 1.165) is 38.5 Å². The van der Waals surface area contributed by atoms with Gasteiger partial charge in [0.1, 0.15) is 0 Å². The fourth-order valence-electron chi connectivity index (χ4n) is 4.36. The van der Waals surface area contributed by atoms with E-state index in [1.165, 1.54) is 4.31 Å². The minimum Gasteiger partial charge on any atom is -0.374 e. The van der Waals surface area contributed by atoms with Gasteiger partial charge in [-0.1, -0.05) is 12.8 Å². The summed E-state index contributed by atoms with van der Waals surface area (Å²) < 4.78 is 32.6. The lowest BCUT2D eigenvalue weighted by Gasteiger charge is -2.43. The minimum absolute atomic E-state index is 0.0182. The number of benzene rings is 1. The lowest BCUT2D eigenvalue weighted by molar-refractivity contribution is -0.0752. The summed E-state index contributed by atoms with van der Waals surface area (Å²) in [7, 11) is -3.44. The fourth-order valence-corrected chi connectivity index (χ4v) is 5.88. The number of amides is 1. The predicted octanol–water partition coefficient (Wildman–Crippen LogP) is 2.25. The second-order valence-electron chi connectivity index (χ2n) is 7.40. The lowest BCUT2D eigenvalue weighted by atomic mass is 9.89. The van der Waals surface area contributed by atoms with Crippen LogP contribution in [0.1, 0.15) is 48.9 Å². The normalized spacial score (nSPS) is 27.3. The molecule has 2 saturated heterocycles. The van der Waals surface area contributed by atoms with Gasteiger partial charge in [0, 0.05) is 25.2 Å². The molecule has 1 aliphatic carbocycles. The summed E-state index contributed by atoms with van der Waals surface area (Å²) in [5, 5.41) is 0. The van der Waals surface area contributed by atoms with Crippen LogP contribution < -0.4 is 0 Å². The van der Waals surface area contributed by atoms with Crippen LogP contribution in [0.5, 0.6) is 0 Å². The Kier molecular flexibility index (Phi) is 5.03. The smallest absolute Gasteiger partial charge is 0.254 e. The third kappa shape index (κ3) is 3.28. The van der Waals surface area contributed by atoms with Gasteiger partial charge >= 0.3 is 0 Å². The Bertz CT molecular complexity index is 754. The van der Waals surface area contributed by atoms with Crippen LogP contribution >= 0.6 is 0 Å². The Morgan fingerprint density at radius 2 is 1.65 bits per heavy atom. The Morgan fingerprint density at radius 3 is 2.38 bits per heavy atom. The fraction of sp³-hybridized carbons (Fsp3) is 0.632. The van der Waals surface area contributed by atoms with E-state index in [0.29, 0.717) is 31.8 Å². The Hall–Kier alpha value is -1.44. The van der Waals surface area contributed by atoms with Crippen LogP contribution in [-0.4, -0.2) is 61.9 Å². The Balaban J connectivity index is 1.52. The summed E-state index contributed by atoms with van der Waals surface area (Å²) >= 11 is 0. The van der Waals surface area contributed by atoms with E-state index < -0.39 is 10.0 Å². The van der Waals surface area contributed by atoms with E-state index in [1.54, 1.807) is 24.3 Å². The summed E-state index contributed by atoms with van der Waals surface area (Å²) in [4.78, 5) is 15.2. The molecule has 7 heteroatoms. The number of nitrogens with zero attached hydrogens (tertiary/aromatic N) is 2. The highest BCUT2D eigenvalue weighted by Gasteiger charge is 2.37. The Morgan fingerprint density at radius 1 is 0.962 bits per heavy atom. The maximum absolute atomic E-state index is 13.0. The number of ether oxygens (including phenoxy) is 1. The van der Waals surface area contributed by atoms with E-state index in [2.05, 4.69) is 0 Å². The van der Waals surface area contributed by atoms with Gasteiger partial charge < -0.3 is 9.64 Å². The number of fused-ring (bicyclic) bond motifs is 1. The molecule has 2 atom stereocenters. The van der Waals surface area contributed by atoms with E-state index in [9.17, 15) is 13.2 Å². The monoisotopic (exact) mass is 378 g/mol. The molecule has 3 fully saturated rings. The number of morpholine rings is 1. The first-order valence-electron chi connectivity index (χ1n) is 9.60. The van der Waals surface area contributed by atoms with Crippen LogP contribution in [0.4, 0.5) is 0 Å². The largest absolute Gasteiger partial charge is 0.374 e. The van der Waals surface area contributed by atoms with Crippen LogP contribution in [0.15, 0.2) is 29.2 Å². The molecule has 6 nitrogen and oxygen atoms in total. The molecule has 2 unspecified atom stereocenters. The number of sulfonamides is 1. The van der Waals surface area contributed by atoms with Crippen molar-refractivity contribution in [2.24, 2.45) is 0 Å². The second kappa shape index (κ2) is 7.29. The Labute approximate surface area is 155 Å². The van der Waals surface area contributed by atoms with Crippen LogP contribution in [0.25, 0.3) is 0 Å². The van der Waals surface area contributed by atoms with Crippen molar-refractivity contribution in [3.8, 4) is 0 Å². The first kappa shape index (κ1) is 17.9. The van der Waals surface area contributed by atoms with Crippen molar-refractivity contribution in [2.75, 3.05) is 26.2 Å². The highest BCUT2D eigenvalue weighted by atomic mass is 32.2. The number of rotatable bonds is 3. The van der Waals surface area contributed by atoms with Crippen LogP contribution in [-0.2, 0) is 14.8 Å². The van der Waals surface area contributed by atoms with Gasteiger partial charge in [0.05, 0.1) is 23.6 Å². The first-order chi connectivity index (χ1) is 12.6. The molecule has 1 aromatic carbocycles. The van der Waals surface area contributed by atoms with Gasteiger partial charge in [-0.3, -0.25) is 4.79 Å². The molecule has 0 bridgehead atoms. The molecule has 3 aliphatic rings. The number of carbonyl (C=O) groups excluding carboxylic acids is 1. The van der Waals surface area contributed by atoms with Gasteiger partial charge in [0.25, 0.3) is 5.91 Å². The van der Waals surface area contributed by atoms with Gasteiger partial charge in [-0.25, -0.2) is 8.42 Å². The van der Waals surface area contributed by atoms with Crippen LogP contribution in [0, 0.1) is 0 Å². The standard InChI is InChI=1S/C19H26N2O4S/c22-19(21-13-14-25-18-6-2-1-5-17(18)21)15-7-9-16(10-8-15)26(23,24)20-11-3-4-12-20/h7-10,17-18H,1-6,11-14H2. The summed E-state index contributed by atoms with van der Waals surface area (Å²) in [6.07, 6.45) is 6.26. The second-order valence-corrected chi connectivity index (χ2v) is 9.33. The summed E-state index contributed by atoms with van der Waals surface area (Å²) in [6, 6.07) is 6.59. The molecule has 1 amide bonds. The molecular weight excluding hydrogens is 352 g/mol. The maximum atomic E-state index is 13.0. The average molecular weight is 378 g/mol. The number of hydrogen-bond acceptors (Lipinski definition) is 4. The van der Waals surface area contributed by atoms with Crippen molar-refractivity contribution in [3.05, 3.63) is 29.8 Å². The maximum Gasteiger partial charge on any atom is 0.254 e. The first-order valence-corrected chi connectivity index (χ1v) is 11.0. The van der Waals surface area contributed by atoms with Gasteiger partial charge in [-0.05, 0) is 49.9 Å². The summed E-state index contributed by atoms with van der Waals surface area (Å²) in [5.41, 5.74) is 0.552. The minimum atomic E-state index is -3.44. The van der Waals surface area contributed by atoms with Crippen molar-refractivity contribution in [1.82, 2.24) is 9.21 Å². The van der Waals surface area contributed by atoms with Crippen molar-refractivity contribution >= 4 is 15.9 Å². The quantitative estimate of drug-likeness (QED) is 0.809. The lowest BCUT2D eigenvalue weighted by Crippen LogP contribution is -2.54. The highest BCUT2D eigenvalue weighted by molar-refractivity contribution is 7.89.